The summed E-state index contributed by atoms with van der Waals surface area (Å²) in [6, 6.07) is 2.84. The molecule has 1 amide bonds. The Bertz CT molecular complexity index is 1220. The molecule has 0 radical (unpaired) electrons. The number of ketones is 1. The molecule has 10 heteroatoms. The lowest BCUT2D eigenvalue weighted by molar-refractivity contribution is -0.121. The highest BCUT2D eigenvalue weighted by Crippen LogP contribution is 2.55. The molecule has 2 fully saturated rings. The molecule has 1 aliphatic carbocycles. The van der Waals surface area contributed by atoms with Crippen molar-refractivity contribution >= 4 is 23.2 Å². The Balaban J connectivity index is 1.47. The van der Waals surface area contributed by atoms with Crippen LogP contribution < -0.4 is 19.7 Å². The number of allylic oxidation sites excluding steroid dienone is 1. The van der Waals surface area contributed by atoms with E-state index in [0.29, 0.717) is 43.9 Å². The predicted molar refractivity (Wildman–Crippen MR) is 127 cm³/mol. The van der Waals surface area contributed by atoms with E-state index in [0.717, 1.165) is 16.5 Å². The molecule has 2 aliphatic heterocycles. The lowest BCUT2D eigenvalue weighted by Crippen LogP contribution is -2.45. The van der Waals surface area contributed by atoms with Crippen molar-refractivity contribution < 1.29 is 32.6 Å². The number of carbonyl (C=O) groups excluding carboxylic acids is 2. The van der Waals surface area contributed by atoms with E-state index in [2.05, 4.69) is 16.9 Å². The van der Waals surface area contributed by atoms with E-state index in [4.69, 9.17) is 14.2 Å². The van der Waals surface area contributed by atoms with Gasteiger partial charge in [-0.25, -0.2) is 13.8 Å². The molecule has 2 atom stereocenters. The van der Waals surface area contributed by atoms with Crippen LogP contribution in [0, 0.1) is 17.6 Å². The number of pyridine rings is 1. The largest absolute Gasteiger partial charge is 0.493 e. The summed E-state index contributed by atoms with van der Waals surface area (Å²) in [5, 5.41) is 3.34. The van der Waals surface area contributed by atoms with Crippen LogP contribution in [0.2, 0.25) is 0 Å². The van der Waals surface area contributed by atoms with Crippen LogP contribution in [0.25, 0.3) is 0 Å². The van der Waals surface area contributed by atoms with Gasteiger partial charge in [0, 0.05) is 24.6 Å². The molecule has 1 saturated carbocycles. The zero-order valence-electron chi connectivity index (χ0n) is 20.1. The van der Waals surface area contributed by atoms with Gasteiger partial charge in [-0.1, -0.05) is 6.58 Å². The van der Waals surface area contributed by atoms with Gasteiger partial charge in [0.25, 0.3) is 0 Å². The van der Waals surface area contributed by atoms with Crippen LogP contribution in [0.1, 0.15) is 30.4 Å². The molecule has 190 valence electrons. The number of ether oxygens (including phenoxy) is 3. The minimum Gasteiger partial charge on any atom is -0.493 e. The van der Waals surface area contributed by atoms with Crippen molar-refractivity contribution in [3.05, 3.63) is 53.7 Å². The number of nitrogens with one attached hydrogen (secondary N) is 1. The van der Waals surface area contributed by atoms with E-state index >= 15 is 8.78 Å². The van der Waals surface area contributed by atoms with Crippen LogP contribution in [-0.4, -0.2) is 50.1 Å². The van der Waals surface area contributed by atoms with Gasteiger partial charge in [0.05, 0.1) is 45.4 Å². The second-order valence-electron chi connectivity index (χ2n) is 9.38. The molecule has 5 rings (SSSR count). The average molecular weight is 500 g/mol. The molecule has 1 aromatic heterocycles. The Labute approximate surface area is 207 Å². The molecule has 8 nitrogen and oxygen atoms in total. The van der Waals surface area contributed by atoms with Crippen LogP contribution in [0.15, 0.2) is 31.0 Å². The summed E-state index contributed by atoms with van der Waals surface area (Å²) in [5.74, 6) is -2.24. The number of hydrogen-bond donors (Lipinski definition) is 1. The van der Waals surface area contributed by atoms with Crippen LogP contribution in [-0.2, 0) is 26.3 Å². The van der Waals surface area contributed by atoms with Crippen molar-refractivity contribution in [1.82, 2.24) is 4.98 Å². The molecule has 36 heavy (non-hydrogen) atoms. The Morgan fingerprint density at radius 1 is 1.25 bits per heavy atom. The summed E-state index contributed by atoms with van der Waals surface area (Å²) in [6.07, 6.45) is 4.39. The van der Waals surface area contributed by atoms with Crippen molar-refractivity contribution in [3.63, 3.8) is 0 Å². The van der Waals surface area contributed by atoms with Crippen LogP contribution in [0.3, 0.4) is 0 Å². The fourth-order valence-corrected chi connectivity index (χ4v) is 5.14. The number of hydrogen-bond acceptors (Lipinski definition) is 7. The maximum absolute atomic E-state index is 15.2. The average Bonchev–Trinajstić information content (AvgIpc) is 3.57. The van der Waals surface area contributed by atoms with E-state index in [9.17, 15) is 9.59 Å². The first-order chi connectivity index (χ1) is 17.3. The standard InChI is InChI=1S/C26H27F2N3O5/c1-4-16(32)7-14-12-36-13-18(14)30-21-8-17-15(10-29-21)11-31(25(33)26(17)5-6-26)24-22(27)19(34-2)9-20(35-3)23(24)28/h4,8-10,14,18H,1,5-7,11-13H2,2-3H3,(H,29,30). The summed E-state index contributed by atoms with van der Waals surface area (Å²) >= 11 is 0. The van der Waals surface area contributed by atoms with E-state index in [-0.39, 0.29) is 41.7 Å². The molecule has 1 spiro atoms. The minimum atomic E-state index is -0.962. The van der Waals surface area contributed by atoms with Crippen molar-refractivity contribution in [2.75, 3.05) is 37.7 Å². The first kappa shape index (κ1) is 24.2. The molecule has 2 aromatic rings. The van der Waals surface area contributed by atoms with Crippen LogP contribution >= 0.6 is 0 Å². The Morgan fingerprint density at radius 2 is 1.94 bits per heavy atom. The Kier molecular flexibility index (Phi) is 6.15. The van der Waals surface area contributed by atoms with E-state index in [1.807, 2.05) is 6.07 Å². The van der Waals surface area contributed by atoms with Gasteiger partial charge in [0.1, 0.15) is 11.5 Å². The van der Waals surface area contributed by atoms with Gasteiger partial charge >= 0.3 is 0 Å². The summed E-state index contributed by atoms with van der Waals surface area (Å²) in [7, 11) is 2.53. The summed E-state index contributed by atoms with van der Waals surface area (Å²) < 4.78 is 46.1. The molecule has 1 saturated heterocycles. The zero-order valence-corrected chi connectivity index (χ0v) is 20.1. The zero-order chi connectivity index (χ0) is 25.6. The number of fused-ring (bicyclic) bond motifs is 2. The number of methoxy groups -OCH3 is 2. The monoisotopic (exact) mass is 499 g/mol. The van der Waals surface area contributed by atoms with Crippen LogP contribution in [0.5, 0.6) is 11.5 Å². The normalized spacial score (nSPS) is 21.8. The van der Waals surface area contributed by atoms with Crippen molar-refractivity contribution in [2.45, 2.75) is 37.3 Å². The van der Waals surface area contributed by atoms with Crippen molar-refractivity contribution in [3.8, 4) is 11.5 Å². The van der Waals surface area contributed by atoms with Gasteiger partial charge in [-0.15, -0.1) is 0 Å². The molecule has 3 heterocycles. The molecule has 1 N–H and O–H groups in total. The second-order valence-corrected chi connectivity index (χ2v) is 9.38. The fourth-order valence-electron chi connectivity index (χ4n) is 5.14. The molecule has 2 unspecified atom stereocenters. The summed E-state index contributed by atoms with van der Waals surface area (Å²) in [4.78, 5) is 31.1. The lowest BCUT2D eigenvalue weighted by atomic mass is 9.86. The highest BCUT2D eigenvalue weighted by atomic mass is 19.1. The van der Waals surface area contributed by atoms with E-state index in [1.165, 1.54) is 20.3 Å². The Morgan fingerprint density at radius 3 is 2.56 bits per heavy atom. The quantitative estimate of drug-likeness (QED) is 0.556. The number of nitrogens with zero attached hydrogens (tertiary/aromatic N) is 2. The highest BCUT2D eigenvalue weighted by Gasteiger charge is 2.57. The maximum Gasteiger partial charge on any atom is 0.238 e. The number of amides is 1. The molecule has 0 bridgehead atoms. The number of benzene rings is 1. The van der Waals surface area contributed by atoms with Gasteiger partial charge in [-0.05, 0) is 36.1 Å². The number of anilines is 2. The third-order valence-electron chi connectivity index (χ3n) is 7.28. The predicted octanol–water partition coefficient (Wildman–Crippen LogP) is 3.53. The summed E-state index contributed by atoms with van der Waals surface area (Å²) in [6.45, 7) is 4.37. The number of rotatable bonds is 8. The van der Waals surface area contributed by atoms with E-state index < -0.39 is 22.7 Å². The lowest BCUT2D eigenvalue weighted by Gasteiger charge is -2.35. The first-order valence-corrected chi connectivity index (χ1v) is 11.7. The maximum atomic E-state index is 15.2. The number of carbonyl (C=O) groups is 2. The molecule has 1 aromatic carbocycles. The third kappa shape index (κ3) is 3.89. The van der Waals surface area contributed by atoms with Crippen molar-refractivity contribution in [2.24, 2.45) is 5.92 Å². The summed E-state index contributed by atoms with van der Waals surface area (Å²) in [5.41, 5.74) is 0.147. The number of aromatic nitrogens is 1. The highest BCUT2D eigenvalue weighted by molar-refractivity contribution is 6.05. The Hall–Kier alpha value is -3.53. The number of halogens is 2. The minimum absolute atomic E-state index is 0.0191. The van der Waals surface area contributed by atoms with Gasteiger partial charge < -0.3 is 24.4 Å². The van der Waals surface area contributed by atoms with Crippen LogP contribution in [0.4, 0.5) is 20.3 Å². The topological polar surface area (TPSA) is 90.0 Å². The second kappa shape index (κ2) is 9.16. The van der Waals surface area contributed by atoms with Gasteiger partial charge in [-0.3, -0.25) is 9.59 Å². The van der Waals surface area contributed by atoms with Gasteiger partial charge in [-0.2, -0.15) is 0 Å². The van der Waals surface area contributed by atoms with Crippen molar-refractivity contribution in [1.29, 1.82) is 0 Å². The smallest absolute Gasteiger partial charge is 0.238 e. The third-order valence-corrected chi connectivity index (χ3v) is 7.28. The molecular formula is C26H27F2N3O5. The SMILES string of the molecule is C=CC(=O)CC1COCC1Nc1cc2c(cn1)CN(c1c(F)c(OC)cc(OC)c1F)C(=O)C21CC1. The van der Waals surface area contributed by atoms with E-state index in [1.54, 1.807) is 6.20 Å². The molecule has 3 aliphatic rings. The van der Waals surface area contributed by atoms with Gasteiger partial charge in [0.15, 0.2) is 28.9 Å². The molecular weight excluding hydrogens is 472 g/mol. The van der Waals surface area contributed by atoms with Gasteiger partial charge in [0.2, 0.25) is 5.91 Å². The first-order valence-electron chi connectivity index (χ1n) is 11.7. The fraction of sp³-hybridized carbons (Fsp3) is 0.423.